The Hall–Kier alpha value is -0.900. The van der Waals surface area contributed by atoms with Crippen molar-refractivity contribution in [2.24, 2.45) is 4.99 Å². The molecule has 0 saturated heterocycles. The molecule has 1 aliphatic rings. The molecule has 1 N–H and O–H groups in total. The summed E-state index contributed by atoms with van der Waals surface area (Å²) in [5.74, 6) is 1.14. The highest BCUT2D eigenvalue weighted by atomic mass is 32.1. The van der Waals surface area contributed by atoms with E-state index in [1.807, 2.05) is 6.20 Å². The number of rotatable bonds is 2. The van der Waals surface area contributed by atoms with E-state index in [1.54, 1.807) is 11.3 Å². The zero-order valence-corrected chi connectivity index (χ0v) is 9.40. The summed E-state index contributed by atoms with van der Waals surface area (Å²) in [6, 6.07) is 0.297. The van der Waals surface area contributed by atoms with Crippen LogP contribution in [-0.4, -0.2) is 17.4 Å². The van der Waals surface area contributed by atoms with Crippen LogP contribution in [0.2, 0.25) is 0 Å². The lowest BCUT2D eigenvalue weighted by Crippen LogP contribution is -2.24. The largest absolute Gasteiger partial charge is 0.365 e. The van der Waals surface area contributed by atoms with Crippen molar-refractivity contribution in [2.75, 3.05) is 6.54 Å². The summed E-state index contributed by atoms with van der Waals surface area (Å²) in [6.45, 7) is 5.20. The first-order valence-electron chi connectivity index (χ1n) is 4.98. The number of thiazole rings is 1. The highest BCUT2D eigenvalue weighted by Crippen LogP contribution is 2.19. The highest BCUT2D eigenvalue weighted by molar-refractivity contribution is 7.11. The molecule has 0 radical (unpaired) electrons. The molecule has 4 heteroatoms. The first kappa shape index (κ1) is 9.65. The minimum absolute atomic E-state index is 0.297. The third kappa shape index (κ3) is 2.12. The van der Waals surface area contributed by atoms with Gasteiger partial charge in [0.15, 0.2) is 0 Å². The van der Waals surface area contributed by atoms with E-state index in [1.165, 1.54) is 11.3 Å². The summed E-state index contributed by atoms with van der Waals surface area (Å²) in [5.41, 5.74) is 0. The van der Waals surface area contributed by atoms with E-state index in [0.29, 0.717) is 6.04 Å². The average molecular weight is 209 g/mol. The minimum atomic E-state index is 0.297. The van der Waals surface area contributed by atoms with Gasteiger partial charge < -0.3 is 5.32 Å². The van der Waals surface area contributed by atoms with Gasteiger partial charge >= 0.3 is 0 Å². The Kier molecular flexibility index (Phi) is 2.82. The van der Waals surface area contributed by atoms with Crippen molar-refractivity contribution in [3.05, 3.63) is 16.1 Å². The summed E-state index contributed by atoms with van der Waals surface area (Å²) < 4.78 is 0. The summed E-state index contributed by atoms with van der Waals surface area (Å²) in [4.78, 5) is 10.0. The van der Waals surface area contributed by atoms with Crippen LogP contribution in [0.4, 0.5) is 0 Å². The second kappa shape index (κ2) is 4.09. The summed E-state index contributed by atoms with van der Waals surface area (Å²) in [6.07, 6.45) is 4.20. The van der Waals surface area contributed by atoms with Gasteiger partial charge in [-0.15, -0.1) is 11.3 Å². The predicted octanol–water partition coefficient (Wildman–Crippen LogP) is 2.29. The Balaban J connectivity index is 1.98. The lowest BCUT2D eigenvalue weighted by molar-refractivity contribution is 0.703. The Morgan fingerprint density at radius 1 is 1.57 bits per heavy atom. The number of nitrogens with one attached hydrogen (secondary N) is 1. The molecule has 0 bridgehead atoms. The van der Waals surface area contributed by atoms with E-state index in [9.17, 15) is 0 Å². The molecule has 3 nitrogen and oxygen atoms in total. The van der Waals surface area contributed by atoms with E-state index < -0.39 is 0 Å². The fraction of sp³-hybridized carbons (Fsp3) is 0.600. The van der Waals surface area contributed by atoms with Gasteiger partial charge in [-0.1, -0.05) is 0 Å². The number of hydrogen-bond donors (Lipinski definition) is 1. The lowest BCUT2D eigenvalue weighted by Gasteiger charge is -2.11. The van der Waals surface area contributed by atoms with E-state index in [2.05, 4.69) is 29.1 Å². The van der Waals surface area contributed by atoms with Gasteiger partial charge in [0.05, 0.1) is 11.9 Å². The summed E-state index contributed by atoms with van der Waals surface area (Å²) in [7, 11) is 0. The molecule has 1 aromatic heterocycles. The molecular formula is C10H15N3S. The van der Waals surface area contributed by atoms with Crippen molar-refractivity contribution in [3.63, 3.8) is 0 Å². The molecule has 0 aliphatic carbocycles. The zero-order valence-electron chi connectivity index (χ0n) is 8.58. The SMILES string of the molecule is Cc1cnc(C(C)NC2=NCCC2)s1. The molecule has 76 valence electrons. The fourth-order valence-electron chi connectivity index (χ4n) is 1.54. The van der Waals surface area contributed by atoms with E-state index in [4.69, 9.17) is 0 Å². The van der Waals surface area contributed by atoms with Gasteiger partial charge in [0.2, 0.25) is 0 Å². The van der Waals surface area contributed by atoms with Crippen molar-refractivity contribution in [1.82, 2.24) is 10.3 Å². The average Bonchev–Trinajstić information content (AvgIpc) is 2.75. The predicted molar refractivity (Wildman–Crippen MR) is 59.9 cm³/mol. The Morgan fingerprint density at radius 2 is 2.43 bits per heavy atom. The van der Waals surface area contributed by atoms with Crippen molar-refractivity contribution in [2.45, 2.75) is 32.7 Å². The van der Waals surface area contributed by atoms with Crippen molar-refractivity contribution < 1.29 is 0 Å². The first-order valence-corrected chi connectivity index (χ1v) is 5.79. The lowest BCUT2D eigenvalue weighted by atomic mass is 10.3. The van der Waals surface area contributed by atoms with E-state index >= 15 is 0 Å². The molecule has 1 atom stereocenters. The number of aliphatic imine (C=N–C) groups is 1. The van der Waals surface area contributed by atoms with Crippen LogP contribution in [0.3, 0.4) is 0 Å². The Labute approximate surface area is 88.3 Å². The maximum absolute atomic E-state index is 4.39. The number of aryl methyl sites for hydroxylation is 1. The van der Waals surface area contributed by atoms with Crippen LogP contribution in [0.15, 0.2) is 11.2 Å². The van der Waals surface area contributed by atoms with Crippen LogP contribution < -0.4 is 5.32 Å². The molecule has 1 aliphatic heterocycles. The molecule has 0 saturated carbocycles. The smallest absolute Gasteiger partial charge is 0.115 e. The molecule has 0 fully saturated rings. The molecule has 1 unspecified atom stereocenters. The first-order chi connectivity index (χ1) is 6.75. The van der Waals surface area contributed by atoms with E-state index in [-0.39, 0.29) is 0 Å². The normalized spacial score (nSPS) is 18.0. The fourth-order valence-corrected chi connectivity index (χ4v) is 2.32. The number of nitrogens with zero attached hydrogens (tertiary/aromatic N) is 2. The molecule has 2 rings (SSSR count). The van der Waals surface area contributed by atoms with Crippen LogP contribution in [0, 0.1) is 6.92 Å². The topological polar surface area (TPSA) is 37.3 Å². The van der Waals surface area contributed by atoms with Crippen LogP contribution in [-0.2, 0) is 0 Å². The molecule has 0 spiro atoms. The monoisotopic (exact) mass is 209 g/mol. The number of hydrogen-bond acceptors (Lipinski definition) is 4. The number of amidine groups is 1. The van der Waals surface area contributed by atoms with Crippen LogP contribution >= 0.6 is 11.3 Å². The quantitative estimate of drug-likeness (QED) is 0.811. The molecule has 1 aromatic rings. The van der Waals surface area contributed by atoms with Gasteiger partial charge in [-0.3, -0.25) is 4.99 Å². The molecular weight excluding hydrogens is 194 g/mol. The van der Waals surface area contributed by atoms with Crippen LogP contribution in [0.5, 0.6) is 0 Å². The highest BCUT2D eigenvalue weighted by Gasteiger charge is 2.13. The van der Waals surface area contributed by atoms with Gasteiger partial charge in [-0.2, -0.15) is 0 Å². The molecule has 14 heavy (non-hydrogen) atoms. The van der Waals surface area contributed by atoms with Gasteiger partial charge in [-0.05, 0) is 20.3 Å². The van der Waals surface area contributed by atoms with Gasteiger partial charge in [0.1, 0.15) is 5.01 Å². The second-order valence-electron chi connectivity index (χ2n) is 3.61. The third-order valence-electron chi connectivity index (χ3n) is 2.27. The van der Waals surface area contributed by atoms with E-state index in [0.717, 1.165) is 23.8 Å². The summed E-state index contributed by atoms with van der Waals surface area (Å²) in [5, 5.41) is 4.56. The standard InChI is InChI=1S/C10H15N3S/c1-7-6-12-10(14-7)8(2)13-9-4-3-5-11-9/h6,8H,3-5H2,1-2H3,(H,11,13). The van der Waals surface area contributed by atoms with Crippen LogP contribution in [0.1, 0.15) is 35.7 Å². The third-order valence-corrected chi connectivity index (χ3v) is 3.36. The zero-order chi connectivity index (χ0) is 9.97. The summed E-state index contributed by atoms with van der Waals surface area (Å²) >= 11 is 1.75. The van der Waals surface area contributed by atoms with Gasteiger partial charge in [-0.25, -0.2) is 4.98 Å². The van der Waals surface area contributed by atoms with Gasteiger partial charge in [0.25, 0.3) is 0 Å². The maximum atomic E-state index is 4.39. The molecule has 0 amide bonds. The number of aromatic nitrogens is 1. The van der Waals surface area contributed by atoms with Crippen molar-refractivity contribution in [1.29, 1.82) is 0 Å². The van der Waals surface area contributed by atoms with Crippen LogP contribution in [0.25, 0.3) is 0 Å². The maximum Gasteiger partial charge on any atom is 0.115 e. The Morgan fingerprint density at radius 3 is 3.00 bits per heavy atom. The van der Waals surface area contributed by atoms with Gasteiger partial charge in [0, 0.05) is 24.0 Å². The van der Waals surface area contributed by atoms with Crippen molar-refractivity contribution >= 4 is 17.2 Å². The Bertz CT molecular complexity index is 343. The van der Waals surface area contributed by atoms with Crippen molar-refractivity contribution in [3.8, 4) is 0 Å². The second-order valence-corrected chi connectivity index (χ2v) is 4.87. The molecule has 0 aromatic carbocycles. The minimum Gasteiger partial charge on any atom is -0.365 e. The molecule has 2 heterocycles.